The fourth-order valence-corrected chi connectivity index (χ4v) is 1.51. The zero-order chi connectivity index (χ0) is 13.9. The number of nitrogens with one attached hydrogen (secondary N) is 2. The minimum absolute atomic E-state index is 0.0560. The highest BCUT2D eigenvalue weighted by molar-refractivity contribution is 5.94. The molecule has 0 aliphatic heterocycles. The SMILES string of the molecule is CNc1ccc(C(=O)NCCCOCCOC)cc1. The predicted molar refractivity (Wildman–Crippen MR) is 75.6 cm³/mol. The molecule has 5 nitrogen and oxygen atoms in total. The molecule has 0 aliphatic rings. The van der Waals surface area contributed by atoms with Gasteiger partial charge in [-0.2, -0.15) is 0 Å². The van der Waals surface area contributed by atoms with E-state index in [-0.39, 0.29) is 5.91 Å². The van der Waals surface area contributed by atoms with E-state index in [1.165, 1.54) is 0 Å². The topological polar surface area (TPSA) is 59.6 Å². The smallest absolute Gasteiger partial charge is 0.251 e. The summed E-state index contributed by atoms with van der Waals surface area (Å²) in [5, 5.41) is 5.87. The minimum Gasteiger partial charge on any atom is -0.388 e. The van der Waals surface area contributed by atoms with Crippen molar-refractivity contribution in [1.82, 2.24) is 5.32 Å². The van der Waals surface area contributed by atoms with Crippen LogP contribution in [0.25, 0.3) is 0 Å². The average Bonchev–Trinajstić information content (AvgIpc) is 2.46. The molecule has 106 valence electrons. The quantitative estimate of drug-likeness (QED) is 0.665. The van der Waals surface area contributed by atoms with Crippen molar-refractivity contribution in [3.8, 4) is 0 Å². The maximum absolute atomic E-state index is 11.8. The summed E-state index contributed by atoms with van der Waals surface area (Å²) in [4.78, 5) is 11.8. The summed E-state index contributed by atoms with van der Waals surface area (Å²) in [7, 11) is 3.49. The Morgan fingerprint density at radius 2 is 1.89 bits per heavy atom. The van der Waals surface area contributed by atoms with Crippen LogP contribution < -0.4 is 10.6 Å². The van der Waals surface area contributed by atoms with Crippen molar-refractivity contribution in [2.24, 2.45) is 0 Å². The van der Waals surface area contributed by atoms with Gasteiger partial charge in [-0.3, -0.25) is 4.79 Å². The van der Waals surface area contributed by atoms with Crippen molar-refractivity contribution < 1.29 is 14.3 Å². The predicted octanol–water partition coefficient (Wildman–Crippen LogP) is 1.51. The molecule has 0 bridgehead atoms. The summed E-state index contributed by atoms with van der Waals surface area (Å²) in [5.41, 5.74) is 1.65. The van der Waals surface area contributed by atoms with Crippen molar-refractivity contribution >= 4 is 11.6 Å². The van der Waals surface area contributed by atoms with E-state index in [0.717, 1.165) is 12.1 Å². The Bertz CT molecular complexity index is 365. The van der Waals surface area contributed by atoms with Gasteiger partial charge in [-0.05, 0) is 30.7 Å². The molecule has 0 unspecified atom stereocenters. The highest BCUT2D eigenvalue weighted by atomic mass is 16.5. The van der Waals surface area contributed by atoms with Gasteiger partial charge in [-0.1, -0.05) is 0 Å². The molecule has 0 atom stereocenters. The van der Waals surface area contributed by atoms with Gasteiger partial charge in [0.05, 0.1) is 13.2 Å². The van der Waals surface area contributed by atoms with E-state index >= 15 is 0 Å². The molecule has 19 heavy (non-hydrogen) atoms. The van der Waals surface area contributed by atoms with Crippen LogP contribution in [0.4, 0.5) is 5.69 Å². The Hall–Kier alpha value is -1.59. The standard InChI is InChI=1S/C14H22N2O3/c1-15-13-6-4-12(5-7-13)14(17)16-8-3-9-19-11-10-18-2/h4-7,15H,3,8-11H2,1-2H3,(H,16,17). The van der Waals surface area contributed by atoms with Crippen LogP contribution in [0.2, 0.25) is 0 Å². The summed E-state index contributed by atoms with van der Waals surface area (Å²) < 4.78 is 10.2. The molecule has 1 rings (SSSR count). The van der Waals surface area contributed by atoms with Gasteiger partial charge in [0, 0.05) is 38.6 Å². The highest BCUT2D eigenvalue weighted by Gasteiger charge is 2.03. The Morgan fingerprint density at radius 3 is 2.53 bits per heavy atom. The van der Waals surface area contributed by atoms with Crippen molar-refractivity contribution in [3.05, 3.63) is 29.8 Å². The van der Waals surface area contributed by atoms with Gasteiger partial charge in [-0.25, -0.2) is 0 Å². The van der Waals surface area contributed by atoms with Gasteiger partial charge in [-0.15, -0.1) is 0 Å². The van der Waals surface area contributed by atoms with Crippen LogP contribution in [0.3, 0.4) is 0 Å². The monoisotopic (exact) mass is 266 g/mol. The molecular formula is C14H22N2O3. The number of hydrogen-bond acceptors (Lipinski definition) is 4. The molecule has 0 saturated carbocycles. The molecule has 1 amide bonds. The Kier molecular flexibility index (Phi) is 7.62. The van der Waals surface area contributed by atoms with Crippen LogP contribution in [-0.4, -0.2) is 46.4 Å². The highest BCUT2D eigenvalue weighted by Crippen LogP contribution is 2.08. The summed E-state index contributed by atoms with van der Waals surface area (Å²) >= 11 is 0. The van der Waals surface area contributed by atoms with Crippen molar-refractivity contribution in [2.75, 3.05) is 45.8 Å². The number of carbonyl (C=O) groups excluding carboxylic acids is 1. The number of anilines is 1. The van der Waals surface area contributed by atoms with E-state index in [9.17, 15) is 4.79 Å². The Labute approximate surface area is 114 Å². The Morgan fingerprint density at radius 1 is 1.16 bits per heavy atom. The van der Waals surface area contributed by atoms with Gasteiger partial charge < -0.3 is 20.1 Å². The zero-order valence-corrected chi connectivity index (χ0v) is 11.6. The molecule has 0 fully saturated rings. The number of ether oxygens (including phenoxy) is 2. The summed E-state index contributed by atoms with van der Waals surface area (Å²) in [6.07, 6.45) is 0.796. The molecule has 0 aromatic heterocycles. The molecule has 2 N–H and O–H groups in total. The molecule has 0 heterocycles. The fourth-order valence-electron chi connectivity index (χ4n) is 1.51. The first-order valence-corrected chi connectivity index (χ1v) is 6.40. The molecule has 0 saturated heterocycles. The fraction of sp³-hybridized carbons (Fsp3) is 0.500. The van der Waals surface area contributed by atoms with E-state index in [0.29, 0.717) is 31.9 Å². The van der Waals surface area contributed by atoms with Crippen LogP contribution in [0, 0.1) is 0 Å². The van der Waals surface area contributed by atoms with E-state index < -0.39 is 0 Å². The lowest BCUT2D eigenvalue weighted by atomic mass is 10.2. The number of methoxy groups -OCH3 is 1. The normalized spacial score (nSPS) is 10.2. The van der Waals surface area contributed by atoms with Crippen LogP contribution in [0.15, 0.2) is 24.3 Å². The van der Waals surface area contributed by atoms with Crippen LogP contribution >= 0.6 is 0 Å². The minimum atomic E-state index is -0.0560. The maximum Gasteiger partial charge on any atom is 0.251 e. The van der Waals surface area contributed by atoms with Gasteiger partial charge >= 0.3 is 0 Å². The van der Waals surface area contributed by atoms with Crippen LogP contribution in [-0.2, 0) is 9.47 Å². The third-order valence-electron chi connectivity index (χ3n) is 2.62. The van der Waals surface area contributed by atoms with Crippen LogP contribution in [0.1, 0.15) is 16.8 Å². The number of rotatable bonds is 9. The lowest BCUT2D eigenvalue weighted by molar-refractivity contribution is 0.0688. The van der Waals surface area contributed by atoms with Crippen molar-refractivity contribution in [2.45, 2.75) is 6.42 Å². The zero-order valence-electron chi connectivity index (χ0n) is 11.6. The second kappa shape index (κ2) is 9.35. The third kappa shape index (κ3) is 6.22. The van der Waals surface area contributed by atoms with E-state index in [4.69, 9.17) is 9.47 Å². The maximum atomic E-state index is 11.8. The second-order valence-corrected chi connectivity index (χ2v) is 4.04. The molecular weight excluding hydrogens is 244 g/mol. The summed E-state index contributed by atoms with van der Waals surface area (Å²) in [5.74, 6) is -0.0560. The molecule has 0 radical (unpaired) electrons. The first-order valence-electron chi connectivity index (χ1n) is 6.40. The molecule has 0 aliphatic carbocycles. The van der Waals surface area contributed by atoms with E-state index in [1.54, 1.807) is 19.2 Å². The second-order valence-electron chi connectivity index (χ2n) is 4.04. The van der Waals surface area contributed by atoms with Gasteiger partial charge in [0.2, 0.25) is 0 Å². The third-order valence-corrected chi connectivity index (χ3v) is 2.62. The molecule has 1 aromatic rings. The lowest BCUT2D eigenvalue weighted by Gasteiger charge is -2.07. The van der Waals surface area contributed by atoms with Gasteiger partial charge in [0.1, 0.15) is 0 Å². The number of amides is 1. The summed E-state index contributed by atoms with van der Waals surface area (Å²) in [6, 6.07) is 7.36. The largest absolute Gasteiger partial charge is 0.388 e. The lowest BCUT2D eigenvalue weighted by Crippen LogP contribution is -2.25. The number of benzene rings is 1. The number of carbonyl (C=O) groups is 1. The van der Waals surface area contributed by atoms with E-state index in [2.05, 4.69) is 10.6 Å². The molecule has 5 heteroatoms. The molecule has 1 aromatic carbocycles. The van der Waals surface area contributed by atoms with E-state index in [1.807, 2.05) is 19.2 Å². The summed E-state index contributed by atoms with van der Waals surface area (Å²) in [6.45, 7) is 2.43. The molecule has 0 spiro atoms. The van der Waals surface area contributed by atoms with Crippen molar-refractivity contribution in [3.63, 3.8) is 0 Å². The first kappa shape index (κ1) is 15.5. The van der Waals surface area contributed by atoms with Crippen LogP contribution in [0.5, 0.6) is 0 Å². The number of hydrogen-bond donors (Lipinski definition) is 2. The first-order chi connectivity index (χ1) is 9.27. The van der Waals surface area contributed by atoms with Gasteiger partial charge in [0.25, 0.3) is 5.91 Å². The Balaban J connectivity index is 2.16. The van der Waals surface area contributed by atoms with Crippen molar-refractivity contribution in [1.29, 1.82) is 0 Å². The van der Waals surface area contributed by atoms with Gasteiger partial charge in [0.15, 0.2) is 0 Å². The average molecular weight is 266 g/mol.